The van der Waals surface area contributed by atoms with Gasteiger partial charge in [-0.1, -0.05) is 48.9 Å². The summed E-state index contributed by atoms with van der Waals surface area (Å²) in [5.41, 5.74) is 3.16. The lowest BCUT2D eigenvalue weighted by Crippen LogP contribution is -2.04. The number of aryl methyl sites for hydroxylation is 1. The number of hydrogen-bond acceptors (Lipinski definition) is 2. The van der Waals surface area contributed by atoms with E-state index in [-0.39, 0.29) is 0 Å². The Labute approximate surface area is 125 Å². The Hall–Kier alpha value is -1.51. The summed E-state index contributed by atoms with van der Waals surface area (Å²) in [6.45, 7) is 2.13. The maximum absolute atomic E-state index is 10.4. The van der Waals surface area contributed by atoms with Gasteiger partial charge in [-0.25, -0.2) is 0 Å². The van der Waals surface area contributed by atoms with Crippen LogP contribution in [-0.2, 0) is 12.8 Å². The van der Waals surface area contributed by atoms with Crippen LogP contribution in [0.3, 0.4) is 0 Å². The monoisotopic (exact) mass is 290 g/mol. The van der Waals surface area contributed by atoms with E-state index in [1.54, 1.807) is 19.2 Å². The Balaban J connectivity index is 2.16. The van der Waals surface area contributed by atoms with Gasteiger partial charge in [-0.2, -0.15) is 0 Å². The first-order valence-corrected chi connectivity index (χ1v) is 7.11. The van der Waals surface area contributed by atoms with E-state index in [0.717, 1.165) is 17.5 Å². The molecule has 0 aliphatic rings. The molecule has 1 unspecified atom stereocenters. The van der Waals surface area contributed by atoms with Crippen molar-refractivity contribution < 1.29 is 9.84 Å². The van der Waals surface area contributed by atoms with Gasteiger partial charge >= 0.3 is 0 Å². The average Bonchev–Trinajstić information content (AvgIpc) is 2.47. The summed E-state index contributed by atoms with van der Waals surface area (Å²) in [6.07, 6.45) is 0.977. The van der Waals surface area contributed by atoms with Crippen LogP contribution < -0.4 is 4.74 Å². The highest BCUT2D eigenvalue weighted by Gasteiger charge is 2.14. The molecule has 0 spiro atoms. The molecule has 1 atom stereocenters. The maximum Gasteiger partial charge on any atom is 0.126 e. The molecule has 0 heterocycles. The van der Waals surface area contributed by atoms with Crippen LogP contribution in [0, 0.1) is 0 Å². The van der Waals surface area contributed by atoms with Gasteiger partial charge in [0.2, 0.25) is 0 Å². The van der Waals surface area contributed by atoms with Gasteiger partial charge in [-0.3, -0.25) is 0 Å². The average molecular weight is 291 g/mol. The van der Waals surface area contributed by atoms with Crippen LogP contribution in [0.5, 0.6) is 5.75 Å². The van der Waals surface area contributed by atoms with E-state index in [0.29, 0.717) is 17.2 Å². The van der Waals surface area contributed by atoms with Crippen molar-refractivity contribution in [1.29, 1.82) is 0 Å². The van der Waals surface area contributed by atoms with Crippen LogP contribution in [0.2, 0.25) is 5.02 Å². The molecule has 0 amide bonds. The van der Waals surface area contributed by atoms with Crippen molar-refractivity contribution >= 4 is 11.6 Å². The third-order valence-corrected chi connectivity index (χ3v) is 3.65. The quantitative estimate of drug-likeness (QED) is 0.895. The number of rotatable bonds is 5. The van der Waals surface area contributed by atoms with Gasteiger partial charge in [0.1, 0.15) is 5.75 Å². The van der Waals surface area contributed by atoms with Crippen molar-refractivity contribution in [1.82, 2.24) is 0 Å². The SMILES string of the molecule is CCc1ccc(CC(O)c2ccc(Cl)cc2OC)cc1. The zero-order chi connectivity index (χ0) is 14.5. The number of ether oxygens (including phenoxy) is 1. The van der Waals surface area contributed by atoms with Gasteiger partial charge in [0, 0.05) is 17.0 Å². The molecule has 0 bridgehead atoms. The molecule has 2 nitrogen and oxygen atoms in total. The van der Waals surface area contributed by atoms with Gasteiger partial charge < -0.3 is 9.84 Å². The summed E-state index contributed by atoms with van der Waals surface area (Å²) >= 11 is 5.93. The zero-order valence-corrected chi connectivity index (χ0v) is 12.5. The first-order chi connectivity index (χ1) is 9.63. The molecular formula is C17H19ClO2. The zero-order valence-electron chi connectivity index (χ0n) is 11.8. The van der Waals surface area contributed by atoms with Crippen molar-refractivity contribution in [3.63, 3.8) is 0 Å². The van der Waals surface area contributed by atoms with E-state index in [1.807, 2.05) is 6.07 Å². The van der Waals surface area contributed by atoms with Crippen molar-refractivity contribution in [3.05, 3.63) is 64.2 Å². The maximum atomic E-state index is 10.4. The van der Waals surface area contributed by atoms with Crippen LogP contribution in [-0.4, -0.2) is 12.2 Å². The molecule has 0 fully saturated rings. The highest BCUT2D eigenvalue weighted by molar-refractivity contribution is 6.30. The minimum atomic E-state index is -0.602. The van der Waals surface area contributed by atoms with Crippen LogP contribution in [0.15, 0.2) is 42.5 Å². The van der Waals surface area contributed by atoms with Crippen LogP contribution in [0.25, 0.3) is 0 Å². The van der Waals surface area contributed by atoms with E-state index >= 15 is 0 Å². The van der Waals surface area contributed by atoms with Crippen molar-refractivity contribution in [2.75, 3.05) is 7.11 Å². The molecule has 0 aliphatic carbocycles. The predicted molar refractivity (Wildman–Crippen MR) is 82.5 cm³/mol. The number of benzene rings is 2. The van der Waals surface area contributed by atoms with Crippen molar-refractivity contribution in [2.45, 2.75) is 25.9 Å². The molecule has 0 aliphatic heterocycles. The Morgan fingerprint density at radius 1 is 1.10 bits per heavy atom. The number of hydrogen-bond donors (Lipinski definition) is 1. The number of aliphatic hydroxyl groups excluding tert-OH is 1. The van der Waals surface area contributed by atoms with Crippen molar-refractivity contribution in [2.24, 2.45) is 0 Å². The van der Waals surface area contributed by atoms with E-state index in [9.17, 15) is 5.11 Å². The van der Waals surface area contributed by atoms with Gasteiger partial charge in [0.05, 0.1) is 13.2 Å². The molecule has 0 saturated carbocycles. The summed E-state index contributed by atoms with van der Waals surface area (Å²) in [7, 11) is 1.58. The highest BCUT2D eigenvalue weighted by atomic mass is 35.5. The number of halogens is 1. The van der Waals surface area contributed by atoms with E-state index in [4.69, 9.17) is 16.3 Å². The summed E-state index contributed by atoms with van der Waals surface area (Å²) in [5, 5.41) is 11.0. The second-order valence-corrected chi connectivity index (χ2v) is 5.21. The van der Waals surface area contributed by atoms with E-state index in [1.165, 1.54) is 5.56 Å². The standard InChI is InChI=1S/C17H19ClO2/c1-3-12-4-6-13(7-5-12)10-16(19)15-9-8-14(18)11-17(15)20-2/h4-9,11,16,19H,3,10H2,1-2H3. The Kier molecular flexibility index (Phi) is 5.05. The van der Waals surface area contributed by atoms with Crippen LogP contribution in [0.4, 0.5) is 0 Å². The molecule has 20 heavy (non-hydrogen) atoms. The van der Waals surface area contributed by atoms with Crippen molar-refractivity contribution in [3.8, 4) is 5.75 Å². The topological polar surface area (TPSA) is 29.5 Å². The van der Waals surface area contributed by atoms with Crippen LogP contribution in [0.1, 0.15) is 29.7 Å². The summed E-state index contributed by atoms with van der Waals surface area (Å²) in [4.78, 5) is 0. The molecule has 0 radical (unpaired) electrons. The fourth-order valence-electron chi connectivity index (χ4n) is 2.20. The van der Waals surface area contributed by atoms with E-state index in [2.05, 4.69) is 31.2 Å². The molecule has 106 valence electrons. The minimum absolute atomic E-state index is 0.558. The smallest absolute Gasteiger partial charge is 0.126 e. The van der Waals surface area contributed by atoms with E-state index < -0.39 is 6.10 Å². The second kappa shape index (κ2) is 6.78. The van der Waals surface area contributed by atoms with Gasteiger partial charge in [-0.05, 0) is 29.7 Å². The lowest BCUT2D eigenvalue weighted by atomic mass is 9.99. The Morgan fingerprint density at radius 2 is 1.75 bits per heavy atom. The molecule has 2 rings (SSSR count). The number of methoxy groups -OCH3 is 1. The largest absolute Gasteiger partial charge is 0.496 e. The molecule has 2 aromatic carbocycles. The van der Waals surface area contributed by atoms with Gasteiger partial charge in [0.15, 0.2) is 0 Å². The molecular weight excluding hydrogens is 272 g/mol. The normalized spacial score (nSPS) is 12.2. The predicted octanol–water partition coefficient (Wildman–Crippen LogP) is 4.19. The molecule has 2 aromatic rings. The molecule has 1 N–H and O–H groups in total. The first-order valence-electron chi connectivity index (χ1n) is 6.73. The summed E-state index contributed by atoms with van der Waals surface area (Å²) in [6, 6.07) is 13.6. The third kappa shape index (κ3) is 3.53. The highest BCUT2D eigenvalue weighted by Crippen LogP contribution is 2.30. The summed E-state index contributed by atoms with van der Waals surface area (Å²) < 4.78 is 5.28. The fourth-order valence-corrected chi connectivity index (χ4v) is 2.37. The second-order valence-electron chi connectivity index (χ2n) is 4.78. The van der Waals surface area contributed by atoms with Gasteiger partial charge in [-0.15, -0.1) is 0 Å². The Morgan fingerprint density at radius 3 is 2.35 bits per heavy atom. The fraction of sp³-hybridized carbons (Fsp3) is 0.294. The minimum Gasteiger partial charge on any atom is -0.496 e. The third-order valence-electron chi connectivity index (χ3n) is 3.41. The molecule has 0 aromatic heterocycles. The number of aliphatic hydroxyl groups is 1. The summed E-state index contributed by atoms with van der Waals surface area (Å²) in [5.74, 6) is 0.621. The lowest BCUT2D eigenvalue weighted by molar-refractivity contribution is 0.174. The lowest BCUT2D eigenvalue weighted by Gasteiger charge is -2.15. The molecule has 3 heteroatoms. The first kappa shape index (κ1) is 14.9. The molecule has 0 saturated heterocycles. The van der Waals surface area contributed by atoms with Crippen LogP contribution >= 0.6 is 11.6 Å². The Bertz CT molecular complexity index is 564. The van der Waals surface area contributed by atoms with Gasteiger partial charge in [0.25, 0.3) is 0 Å².